The first kappa shape index (κ1) is 13.4. The van der Waals surface area contributed by atoms with Crippen LogP contribution in [-0.4, -0.2) is 35.4 Å². The van der Waals surface area contributed by atoms with E-state index in [-0.39, 0.29) is 6.61 Å². The van der Waals surface area contributed by atoms with Gasteiger partial charge in [-0.15, -0.1) is 0 Å². The van der Waals surface area contributed by atoms with E-state index in [1.807, 2.05) is 6.92 Å². The van der Waals surface area contributed by atoms with E-state index in [0.29, 0.717) is 6.54 Å². The quantitative estimate of drug-likeness (QED) is 0.543. The van der Waals surface area contributed by atoms with Gasteiger partial charge in [-0.25, -0.2) is 0 Å². The molecule has 0 aromatic heterocycles. The highest BCUT2D eigenvalue weighted by molar-refractivity contribution is 5.81. The predicted molar refractivity (Wildman–Crippen MR) is 54.8 cm³/mol. The molecule has 0 aromatic carbocycles. The number of nitrogens with one attached hydrogen (secondary N) is 1. The standard InChI is InChI=1S/C10H21NO3/c1-4-5-6-11-9(14)8(13)10(2,3)7-12/h8,12-13H,4-7H2,1-3H3,(H,11,14). The number of rotatable bonds is 6. The summed E-state index contributed by atoms with van der Waals surface area (Å²) in [5, 5.41) is 21.1. The molecule has 84 valence electrons. The van der Waals surface area contributed by atoms with Crippen molar-refractivity contribution in [2.75, 3.05) is 13.2 Å². The number of carbonyl (C=O) groups is 1. The second-order valence-electron chi connectivity index (χ2n) is 4.19. The fraction of sp³-hybridized carbons (Fsp3) is 0.900. The lowest BCUT2D eigenvalue weighted by Gasteiger charge is -2.27. The van der Waals surface area contributed by atoms with Crippen molar-refractivity contribution in [3.05, 3.63) is 0 Å². The summed E-state index contributed by atoms with van der Waals surface area (Å²) in [7, 11) is 0. The van der Waals surface area contributed by atoms with Crippen LogP contribution < -0.4 is 5.32 Å². The molecule has 0 radical (unpaired) electrons. The summed E-state index contributed by atoms with van der Waals surface area (Å²) in [6.07, 6.45) is 0.752. The van der Waals surface area contributed by atoms with E-state index in [1.54, 1.807) is 13.8 Å². The summed E-state index contributed by atoms with van der Waals surface area (Å²) in [5.41, 5.74) is -0.781. The summed E-state index contributed by atoms with van der Waals surface area (Å²) < 4.78 is 0. The number of aliphatic hydroxyl groups excluding tert-OH is 2. The highest BCUT2D eigenvalue weighted by atomic mass is 16.3. The molecule has 0 rings (SSSR count). The van der Waals surface area contributed by atoms with Crippen molar-refractivity contribution in [1.82, 2.24) is 5.32 Å². The average molecular weight is 203 g/mol. The van der Waals surface area contributed by atoms with Gasteiger partial charge in [0.05, 0.1) is 6.61 Å². The number of aliphatic hydroxyl groups is 2. The molecule has 1 amide bonds. The van der Waals surface area contributed by atoms with Gasteiger partial charge in [0, 0.05) is 12.0 Å². The minimum atomic E-state index is -1.15. The van der Waals surface area contributed by atoms with E-state index < -0.39 is 17.4 Å². The fourth-order valence-electron chi connectivity index (χ4n) is 0.926. The van der Waals surface area contributed by atoms with Crippen molar-refractivity contribution >= 4 is 5.91 Å². The van der Waals surface area contributed by atoms with E-state index in [4.69, 9.17) is 5.11 Å². The SMILES string of the molecule is CCCCNC(=O)C(O)C(C)(C)CO. The van der Waals surface area contributed by atoms with Gasteiger partial charge in [-0.3, -0.25) is 4.79 Å². The van der Waals surface area contributed by atoms with Gasteiger partial charge < -0.3 is 15.5 Å². The third-order valence-electron chi connectivity index (χ3n) is 2.23. The highest BCUT2D eigenvalue weighted by Gasteiger charge is 2.32. The molecule has 0 aliphatic heterocycles. The van der Waals surface area contributed by atoms with Crippen LogP contribution in [0, 0.1) is 5.41 Å². The Morgan fingerprint density at radius 1 is 1.50 bits per heavy atom. The Morgan fingerprint density at radius 3 is 2.50 bits per heavy atom. The third kappa shape index (κ3) is 4.07. The molecule has 0 saturated carbocycles. The smallest absolute Gasteiger partial charge is 0.249 e. The predicted octanol–water partition coefficient (Wildman–Crippen LogP) is 0.282. The molecule has 0 spiro atoms. The van der Waals surface area contributed by atoms with E-state index in [1.165, 1.54) is 0 Å². The molecular weight excluding hydrogens is 182 g/mol. The molecule has 4 heteroatoms. The molecule has 0 saturated heterocycles. The number of unbranched alkanes of at least 4 members (excludes halogenated alkanes) is 1. The largest absolute Gasteiger partial charge is 0.396 e. The zero-order valence-electron chi connectivity index (χ0n) is 9.21. The van der Waals surface area contributed by atoms with Gasteiger partial charge in [-0.2, -0.15) is 0 Å². The Balaban J connectivity index is 3.99. The fourth-order valence-corrected chi connectivity index (χ4v) is 0.926. The number of carbonyl (C=O) groups excluding carboxylic acids is 1. The Hall–Kier alpha value is -0.610. The molecule has 0 aliphatic carbocycles. The summed E-state index contributed by atoms with van der Waals surface area (Å²) >= 11 is 0. The van der Waals surface area contributed by atoms with Crippen LogP contribution in [0.3, 0.4) is 0 Å². The van der Waals surface area contributed by atoms with Crippen molar-refractivity contribution in [2.45, 2.75) is 39.7 Å². The lowest BCUT2D eigenvalue weighted by Crippen LogP contribution is -2.45. The van der Waals surface area contributed by atoms with Gasteiger partial charge in [-0.1, -0.05) is 27.2 Å². The maximum Gasteiger partial charge on any atom is 0.249 e. The van der Waals surface area contributed by atoms with Gasteiger partial charge in [0.25, 0.3) is 0 Å². The minimum Gasteiger partial charge on any atom is -0.396 e. The normalized spacial score (nSPS) is 13.8. The van der Waals surface area contributed by atoms with Crippen LogP contribution in [0.4, 0.5) is 0 Å². The minimum absolute atomic E-state index is 0.213. The third-order valence-corrected chi connectivity index (χ3v) is 2.23. The Bertz CT molecular complexity index is 180. The Labute approximate surface area is 85.3 Å². The topological polar surface area (TPSA) is 69.6 Å². The molecule has 0 fully saturated rings. The molecule has 0 aromatic rings. The number of hydrogen-bond acceptors (Lipinski definition) is 3. The molecule has 1 unspecified atom stereocenters. The maximum absolute atomic E-state index is 11.4. The molecule has 0 aliphatic rings. The van der Waals surface area contributed by atoms with E-state index >= 15 is 0 Å². The van der Waals surface area contributed by atoms with Crippen LogP contribution in [0.2, 0.25) is 0 Å². The molecule has 4 nitrogen and oxygen atoms in total. The highest BCUT2D eigenvalue weighted by Crippen LogP contribution is 2.19. The first-order valence-corrected chi connectivity index (χ1v) is 5.02. The summed E-state index contributed by atoms with van der Waals surface area (Å²) in [4.78, 5) is 11.4. The van der Waals surface area contributed by atoms with Crippen molar-refractivity contribution in [3.8, 4) is 0 Å². The number of hydrogen-bond donors (Lipinski definition) is 3. The zero-order chi connectivity index (χ0) is 11.2. The van der Waals surface area contributed by atoms with Crippen LogP contribution in [0.15, 0.2) is 0 Å². The molecule has 0 bridgehead atoms. The maximum atomic E-state index is 11.4. The van der Waals surface area contributed by atoms with E-state index in [2.05, 4.69) is 5.32 Å². The van der Waals surface area contributed by atoms with Crippen molar-refractivity contribution < 1.29 is 15.0 Å². The van der Waals surface area contributed by atoms with Crippen molar-refractivity contribution in [2.24, 2.45) is 5.41 Å². The molecule has 3 N–H and O–H groups in total. The summed E-state index contributed by atoms with van der Waals surface area (Å²) in [6.45, 7) is 5.69. The summed E-state index contributed by atoms with van der Waals surface area (Å²) in [6, 6.07) is 0. The Kier molecular flexibility index (Phi) is 5.72. The van der Waals surface area contributed by atoms with Gasteiger partial charge in [0.1, 0.15) is 6.10 Å². The van der Waals surface area contributed by atoms with E-state index in [9.17, 15) is 9.90 Å². The van der Waals surface area contributed by atoms with Gasteiger partial charge in [0.2, 0.25) is 5.91 Å². The molecule has 0 heterocycles. The van der Waals surface area contributed by atoms with E-state index in [0.717, 1.165) is 12.8 Å². The van der Waals surface area contributed by atoms with Crippen LogP contribution in [0.1, 0.15) is 33.6 Å². The lowest BCUT2D eigenvalue weighted by molar-refractivity contribution is -0.137. The zero-order valence-corrected chi connectivity index (χ0v) is 9.21. The Morgan fingerprint density at radius 2 is 2.07 bits per heavy atom. The monoisotopic (exact) mass is 203 g/mol. The van der Waals surface area contributed by atoms with Crippen molar-refractivity contribution in [3.63, 3.8) is 0 Å². The van der Waals surface area contributed by atoms with Gasteiger partial charge in [-0.05, 0) is 6.42 Å². The number of amides is 1. The van der Waals surface area contributed by atoms with Crippen LogP contribution >= 0.6 is 0 Å². The second-order valence-corrected chi connectivity index (χ2v) is 4.19. The van der Waals surface area contributed by atoms with Gasteiger partial charge in [0.15, 0.2) is 0 Å². The van der Waals surface area contributed by atoms with Crippen LogP contribution in [-0.2, 0) is 4.79 Å². The first-order valence-electron chi connectivity index (χ1n) is 5.02. The second kappa shape index (κ2) is 5.98. The first-order chi connectivity index (χ1) is 6.45. The van der Waals surface area contributed by atoms with Gasteiger partial charge >= 0.3 is 0 Å². The summed E-state index contributed by atoms with van der Waals surface area (Å²) in [5.74, 6) is -0.405. The molecular formula is C10H21NO3. The van der Waals surface area contributed by atoms with Crippen LogP contribution in [0.5, 0.6) is 0 Å². The average Bonchev–Trinajstić information content (AvgIpc) is 2.17. The molecule has 14 heavy (non-hydrogen) atoms. The molecule has 1 atom stereocenters. The lowest BCUT2D eigenvalue weighted by atomic mass is 9.87. The van der Waals surface area contributed by atoms with Crippen LogP contribution in [0.25, 0.3) is 0 Å². The van der Waals surface area contributed by atoms with Crippen molar-refractivity contribution in [1.29, 1.82) is 0 Å².